The third-order valence-electron chi connectivity index (χ3n) is 3.24. The zero-order chi connectivity index (χ0) is 11.0. The number of hydrogen-bond acceptors (Lipinski definition) is 4. The largest absolute Gasteiger partial charge is 0.353 e. The molecule has 3 rings (SSSR count). The van der Waals surface area contributed by atoms with E-state index in [0.717, 1.165) is 25.6 Å². The number of nitrogens with zero attached hydrogens (tertiary/aromatic N) is 2. The molecule has 0 amide bonds. The second-order valence-electron chi connectivity index (χ2n) is 4.27. The first-order valence-corrected chi connectivity index (χ1v) is 5.74. The van der Waals surface area contributed by atoms with Gasteiger partial charge in [-0.25, -0.2) is 5.01 Å². The summed E-state index contributed by atoms with van der Waals surface area (Å²) in [6.45, 7) is 4.97. The van der Waals surface area contributed by atoms with Crippen LogP contribution in [0.4, 0.5) is 0 Å². The zero-order valence-electron chi connectivity index (χ0n) is 9.40. The van der Waals surface area contributed by atoms with Gasteiger partial charge >= 0.3 is 0 Å². The quantitative estimate of drug-likeness (QED) is 0.736. The number of hydrogen-bond donors (Lipinski definition) is 2. The topological polar surface area (TPSA) is 39.7 Å². The number of guanidine groups is 1. The molecule has 2 aliphatic heterocycles. The molecule has 0 spiro atoms. The highest BCUT2D eigenvalue weighted by atomic mass is 15.6. The van der Waals surface area contributed by atoms with Crippen molar-refractivity contribution in [2.75, 3.05) is 13.1 Å². The second-order valence-corrected chi connectivity index (χ2v) is 4.27. The predicted molar refractivity (Wildman–Crippen MR) is 63.8 cm³/mol. The first-order valence-electron chi connectivity index (χ1n) is 5.74. The van der Waals surface area contributed by atoms with E-state index >= 15 is 0 Å². The van der Waals surface area contributed by atoms with Crippen molar-refractivity contribution in [3.63, 3.8) is 0 Å². The molecule has 0 bridgehead atoms. The summed E-state index contributed by atoms with van der Waals surface area (Å²) in [7, 11) is 0. The molecule has 1 unspecified atom stereocenters. The van der Waals surface area contributed by atoms with Gasteiger partial charge < -0.3 is 5.32 Å². The first-order chi connectivity index (χ1) is 7.84. The van der Waals surface area contributed by atoms with Crippen molar-refractivity contribution < 1.29 is 0 Å². The summed E-state index contributed by atoms with van der Waals surface area (Å²) >= 11 is 0. The van der Waals surface area contributed by atoms with Crippen LogP contribution in [0, 0.1) is 0 Å². The van der Waals surface area contributed by atoms with E-state index in [1.54, 1.807) is 0 Å². The molecule has 0 radical (unpaired) electrons. The number of hydrazine groups is 1. The Labute approximate surface area is 95.3 Å². The lowest BCUT2D eigenvalue weighted by Crippen LogP contribution is -2.45. The second kappa shape index (κ2) is 3.79. The smallest absolute Gasteiger partial charge is 0.206 e. The monoisotopic (exact) mass is 216 g/mol. The highest BCUT2D eigenvalue weighted by Crippen LogP contribution is 2.31. The highest BCUT2D eigenvalue weighted by molar-refractivity contribution is 5.80. The number of benzene rings is 1. The minimum atomic E-state index is 0.404. The standard InChI is InChI=1S/C12H16N4/c1-9-11-5-3-2-4-10(11)8-16(9)15-12-13-6-7-14-12/h2-5,9H,6-8H2,1H3,(H2,13,14,15). The number of rotatable bonds is 1. The molecular formula is C12H16N4. The SMILES string of the molecule is CC1c2ccccc2CN1NC1=NCCN1. The summed E-state index contributed by atoms with van der Waals surface area (Å²) in [5, 5.41) is 5.45. The molecule has 4 nitrogen and oxygen atoms in total. The van der Waals surface area contributed by atoms with E-state index in [-0.39, 0.29) is 0 Å². The Kier molecular flexibility index (Phi) is 2.29. The van der Waals surface area contributed by atoms with Gasteiger partial charge in [-0.3, -0.25) is 10.4 Å². The van der Waals surface area contributed by atoms with Crippen LogP contribution >= 0.6 is 0 Å². The van der Waals surface area contributed by atoms with Crippen molar-refractivity contribution in [3.05, 3.63) is 35.4 Å². The van der Waals surface area contributed by atoms with Gasteiger partial charge in [0.2, 0.25) is 5.96 Å². The van der Waals surface area contributed by atoms with Crippen LogP contribution in [0.1, 0.15) is 24.1 Å². The Hall–Kier alpha value is -1.55. The van der Waals surface area contributed by atoms with Crippen molar-refractivity contribution in [2.24, 2.45) is 4.99 Å². The van der Waals surface area contributed by atoms with Gasteiger partial charge in [0, 0.05) is 13.1 Å². The molecule has 0 aromatic heterocycles. The molecule has 2 heterocycles. The van der Waals surface area contributed by atoms with Crippen LogP contribution in [0.15, 0.2) is 29.3 Å². The van der Waals surface area contributed by atoms with E-state index in [4.69, 9.17) is 0 Å². The van der Waals surface area contributed by atoms with Crippen LogP contribution in [0.2, 0.25) is 0 Å². The predicted octanol–water partition coefficient (Wildman–Crippen LogP) is 1.03. The minimum absolute atomic E-state index is 0.404. The molecular weight excluding hydrogens is 200 g/mol. The maximum absolute atomic E-state index is 4.35. The summed E-state index contributed by atoms with van der Waals surface area (Å²) in [6, 6.07) is 8.99. The molecule has 2 N–H and O–H groups in total. The van der Waals surface area contributed by atoms with Crippen LogP contribution in [0.3, 0.4) is 0 Å². The van der Waals surface area contributed by atoms with Crippen molar-refractivity contribution in [1.82, 2.24) is 15.8 Å². The van der Waals surface area contributed by atoms with E-state index in [2.05, 4.69) is 51.9 Å². The van der Waals surface area contributed by atoms with Gasteiger partial charge in [-0.2, -0.15) is 0 Å². The van der Waals surface area contributed by atoms with Gasteiger partial charge in [-0.1, -0.05) is 24.3 Å². The third-order valence-corrected chi connectivity index (χ3v) is 3.24. The van der Waals surface area contributed by atoms with Crippen LogP contribution in [0.25, 0.3) is 0 Å². The lowest BCUT2D eigenvalue weighted by atomic mass is 10.1. The summed E-state index contributed by atoms with van der Waals surface area (Å²) in [4.78, 5) is 4.35. The molecule has 16 heavy (non-hydrogen) atoms. The summed E-state index contributed by atoms with van der Waals surface area (Å²) in [6.07, 6.45) is 0. The molecule has 4 heteroatoms. The van der Waals surface area contributed by atoms with Crippen molar-refractivity contribution in [1.29, 1.82) is 0 Å². The molecule has 0 aliphatic carbocycles. The average Bonchev–Trinajstić information content (AvgIpc) is 2.90. The fraction of sp³-hybridized carbons (Fsp3) is 0.417. The minimum Gasteiger partial charge on any atom is -0.353 e. The Morgan fingerprint density at radius 3 is 3.06 bits per heavy atom. The maximum Gasteiger partial charge on any atom is 0.206 e. The van der Waals surface area contributed by atoms with E-state index in [1.807, 2.05) is 0 Å². The van der Waals surface area contributed by atoms with Crippen molar-refractivity contribution in [2.45, 2.75) is 19.5 Å². The van der Waals surface area contributed by atoms with E-state index in [1.165, 1.54) is 11.1 Å². The lowest BCUT2D eigenvalue weighted by Gasteiger charge is -2.23. The Morgan fingerprint density at radius 1 is 1.44 bits per heavy atom. The van der Waals surface area contributed by atoms with Crippen LogP contribution in [0.5, 0.6) is 0 Å². The summed E-state index contributed by atoms with van der Waals surface area (Å²) < 4.78 is 0. The van der Waals surface area contributed by atoms with Gasteiger partial charge in [0.15, 0.2) is 0 Å². The molecule has 84 valence electrons. The molecule has 0 saturated carbocycles. The van der Waals surface area contributed by atoms with Gasteiger partial charge in [0.05, 0.1) is 12.6 Å². The van der Waals surface area contributed by atoms with Gasteiger partial charge in [-0.05, 0) is 18.1 Å². The van der Waals surface area contributed by atoms with Crippen molar-refractivity contribution in [3.8, 4) is 0 Å². The highest BCUT2D eigenvalue weighted by Gasteiger charge is 2.27. The summed E-state index contributed by atoms with van der Waals surface area (Å²) in [5.41, 5.74) is 6.16. The zero-order valence-corrected chi connectivity index (χ0v) is 9.40. The Bertz CT molecular complexity index is 427. The van der Waals surface area contributed by atoms with Crippen LogP contribution in [-0.4, -0.2) is 24.1 Å². The Morgan fingerprint density at radius 2 is 2.31 bits per heavy atom. The average molecular weight is 216 g/mol. The summed E-state index contributed by atoms with van der Waals surface area (Å²) in [5.74, 6) is 0.902. The number of aliphatic imine (C=N–C) groups is 1. The third kappa shape index (κ3) is 1.55. The fourth-order valence-corrected chi connectivity index (χ4v) is 2.32. The number of fused-ring (bicyclic) bond motifs is 1. The van der Waals surface area contributed by atoms with E-state index < -0.39 is 0 Å². The van der Waals surface area contributed by atoms with Crippen LogP contribution in [-0.2, 0) is 6.54 Å². The van der Waals surface area contributed by atoms with E-state index in [9.17, 15) is 0 Å². The molecule has 2 aliphatic rings. The molecule has 0 fully saturated rings. The van der Waals surface area contributed by atoms with Gasteiger partial charge in [0.25, 0.3) is 0 Å². The Balaban J connectivity index is 1.76. The normalized spacial score (nSPS) is 23.8. The molecule has 1 aromatic rings. The van der Waals surface area contributed by atoms with Crippen molar-refractivity contribution >= 4 is 5.96 Å². The lowest BCUT2D eigenvalue weighted by molar-refractivity contribution is 0.188. The van der Waals surface area contributed by atoms with Gasteiger partial charge in [0.1, 0.15) is 0 Å². The van der Waals surface area contributed by atoms with Gasteiger partial charge in [-0.15, -0.1) is 0 Å². The fourth-order valence-electron chi connectivity index (χ4n) is 2.32. The molecule has 1 aromatic carbocycles. The first kappa shape index (κ1) is 9.66. The molecule has 1 atom stereocenters. The number of nitrogens with one attached hydrogen (secondary N) is 2. The maximum atomic E-state index is 4.35. The molecule has 0 saturated heterocycles. The van der Waals surface area contributed by atoms with E-state index in [0.29, 0.717) is 6.04 Å². The van der Waals surface area contributed by atoms with Crippen LogP contribution < -0.4 is 10.7 Å².